The lowest BCUT2D eigenvalue weighted by molar-refractivity contribution is -0.121. The maximum absolute atomic E-state index is 12.5. The summed E-state index contributed by atoms with van der Waals surface area (Å²) in [6.45, 7) is 4.67. The molecule has 0 aliphatic carbocycles. The van der Waals surface area contributed by atoms with Crippen LogP contribution in [0.4, 0.5) is 0 Å². The van der Waals surface area contributed by atoms with E-state index in [0.29, 0.717) is 17.9 Å². The van der Waals surface area contributed by atoms with Crippen LogP contribution in [0, 0.1) is 5.41 Å². The molecule has 3 rings (SSSR count). The van der Waals surface area contributed by atoms with Crippen molar-refractivity contribution in [3.8, 4) is 0 Å². The van der Waals surface area contributed by atoms with Crippen molar-refractivity contribution in [2.45, 2.75) is 32.7 Å². The molecule has 0 saturated carbocycles. The fourth-order valence-corrected chi connectivity index (χ4v) is 3.06. The number of rotatable bonds is 4. The number of nitrogens with zero attached hydrogens (tertiary/aromatic N) is 3. The van der Waals surface area contributed by atoms with E-state index in [9.17, 15) is 9.59 Å². The first-order valence-corrected chi connectivity index (χ1v) is 7.48. The third-order valence-electron chi connectivity index (χ3n) is 4.68. The minimum atomic E-state index is -0.524. The molecule has 1 aliphatic heterocycles. The monoisotopic (exact) mass is 301 g/mol. The summed E-state index contributed by atoms with van der Waals surface area (Å²) in [5, 5.41) is 9.85. The standard InChI is InChI=1S/C15H19N5O2/c1-3-15(4-2)9-17-14(22)12(15)19-13(21)10-8-16-11-6-5-7-18-20(10)11/h5-8,12H,3-4,9H2,1-2H3,(H,17,22)(H,19,21). The minimum Gasteiger partial charge on any atom is -0.354 e. The van der Waals surface area contributed by atoms with Crippen LogP contribution in [0.15, 0.2) is 24.5 Å². The Kier molecular flexibility index (Phi) is 3.56. The van der Waals surface area contributed by atoms with Crippen molar-refractivity contribution in [1.29, 1.82) is 0 Å². The van der Waals surface area contributed by atoms with Crippen molar-refractivity contribution in [1.82, 2.24) is 25.2 Å². The van der Waals surface area contributed by atoms with Crippen molar-refractivity contribution in [2.75, 3.05) is 6.54 Å². The van der Waals surface area contributed by atoms with E-state index in [0.717, 1.165) is 12.8 Å². The van der Waals surface area contributed by atoms with Crippen molar-refractivity contribution in [2.24, 2.45) is 5.41 Å². The number of hydrogen-bond acceptors (Lipinski definition) is 4. The molecular formula is C15H19N5O2. The largest absolute Gasteiger partial charge is 0.354 e. The molecule has 2 amide bonds. The number of carbonyl (C=O) groups is 2. The molecule has 1 fully saturated rings. The highest BCUT2D eigenvalue weighted by Gasteiger charge is 2.46. The zero-order valence-electron chi connectivity index (χ0n) is 12.7. The van der Waals surface area contributed by atoms with Crippen LogP contribution < -0.4 is 10.6 Å². The molecule has 1 aliphatic rings. The molecule has 0 aromatic carbocycles. The molecule has 2 N–H and O–H groups in total. The highest BCUT2D eigenvalue weighted by atomic mass is 16.2. The molecule has 0 spiro atoms. The Morgan fingerprint density at radius 2 is 2.27 bits per heavy atom. The van der Waals surface area contributed by atoms with Gasteiger partial charge in [0.15, 0.2) is 5.65 Å². The molecule has 2 aromatic rings. The van der Waals surface area contributed by atoms with Gasteiger partial charge in [0, 0.05) is 18.2 Å². The zero-order chi connectivity index (χ0) is 15.7. The molecule has 3 heterocycles. The number of hydrogen-bond donors (Lipinski definition) is 2. The van der Waals surface area contributed by atoms with Crippen LogP contribution in [0.5, 0.6) is 0 Å². The molecule has 116 valence electrons. The first-order valence-electron chi connectivity index (χ1n) is 7.48. The van der Waals surface area contributed by atoms with E-state index < -0.39 is 6.04 Å². The summed E-state index contributed by atoms with van der Waals surface area (Å²) in [6.07, 6.45) is 4.71. The third-order valence-corrected chi connectivity index (χ3v) is 4.68. The van der Waals surface area contributed by atoms with Gasteiger partial charge in [-0.25, -0.2) is 9.50 Å². The van der Waals surface area contributed by atoms with Gasteiger partial charge in [-0.05, 0) is 25.0 Å². The lowest BCUT2D eigenvalue weighted by atomic mass is 9.77. The Morgan fingerprint density at radius 3 is 3.00 bits per heavy atom. The second kappa shape index (κ2) is 5.40. The number of nitrogens with one attached hydrogen (secondary N) is 2. The highest BCUT2D eigenvalue weighted by Crippen LogP contribution is 2.34. The van der Waals surface area contributed by atoms with E-state index in [-0.39, 0.29) is 17.2 Å². The van der Waals surface area contributed by atoms with E-state index in [4.69, 9.17) is 0 Å². The van der Waals surface area contributed by atoms with Gasteiger partial charge < -0.3 is 10.6 Å². The van der Waals surface area contributed by atoms with Gasteiger partial charge in [0.25, 0.3) is 5.91 Å². The van der Waals surface area contributed by atoms with E-state index in [1.54, 1.807) is 18.3 Å². The lowest BCUT2D eigenvalue weighted by Crippen LogP contribution is -2.49. The third kappa shape index (κ3) is 2.13. The second-order valence-electron chi connectivity index (χ2n) is 5.63. The number of carbonyl (C=O) groups excluding carboxylic acids is 2. The number of aromatic nitrogens is 3. The van der Waals surface area contributed by atoms with E-state index >= 15 is 0 Å². The Hall–Kier alpha value is -2.44. The van der Waals surface area contributed by atoms with E-state index in [1.165, 1.54) is 10.7 Å². The summed E-state index contributed by atoms with van der Waals surface area (Å²) < 4.78 is 1.47. The van der Waals surface area contributed by atoms with Crippen molar-refractivity contribution in [3.63, 3.8) is 0 Å². The zero-order valence-corrected chi connectivity index (χ0v) is 12.7. The average molecular weight is 301 g/mol. The first-order chi connectivity index (χ1) is 10.6. The smallest absolute Gasteiger partial charge is 0.272 e. The molecule has 7 heteroatoms. The van der Waals surface area contributed by atoms with Crippen LogP contribution >= 0.6 is 0 Å². The van der Waals surface area contributed by atoms with Gasteiger partial charge in [0.1, 0.15) is 11.7 Å². The SMILES string of the molecule is CCC1(CC)CNC(=O)C1NC(=O)c1cnc2cccnn12. The summed E-state index contributed by atoms with van der Waals surface area (Å²) >= 11 is 0. The van der Waals surface area contributed by atoms with Crippen LogP contribution in [0.25, 0.3) is 5.65 Å². The molecule has 0 radical (unpaired) electrons. The van der Waals surface area contributed by atoms with E-state index in [2.05, 4.69) is 20.7 Å². The van der Waals surface area contributed by atoms with Crippen LogP contribution in [-0.2, 0) is 4.79 Å². The quantitative estimate of drug-likeness (QED) is 0.873. The predicted octanol–water partition coefficient (Wildman–Crippen LogP) is 0.764. The van der Waals surface area contributed by atoms with Gasteiger partial charge in [0.2, 0.25) is 5.91 Å². The van der Waals surface area contributed by atoms with Crippen molar-refractivity contribution in [3.05, 3.63) is 30.2 Å². The number of imidazole rings is 1. The summed E-state index contributed by atoms with van der Waals surface area (Å²) in [7, 11) is 0. The molecule has 22 heavy (non-hydrogen) atoms. The van der Waals surface area contributed by atoms with Gasteiger partial charge in [0.05, 0.1) is 6.20 Å². The fourth-order valence-electron chi connectivity index (χ4n) is 3.06. The van der Waals surface area contributed by atoms with Crippen molar-refractivity contribution < 1.29 is 9.59 Å². The van der Waals surface area contributed by atoms with Gasteiger partial charge in [-0.3, -0.25) is 9.59 Å². The Morgan fingerprint density at radius 1 is 1.50 bits per heavy atom. The topological polar surface area (TPSA) is 88.4 Å². The Balaban J connectivity index is 1.88. The molecule has 0 bridgehead atoms. The van der Waals surface area contributed by atoms with E-state index in [1.807, 2.05) is 13.8 Å². The molecule has 1 atom stereocenters. The molecule has 2 aromatic heterocycles. The molecular weight excluding hydrogens is 282 g/mol. The van der Waals surface area contributed by atoms with Gasteiger partial charge in [-0.1, -0.05) is 13.8 Å². The molecule has 1 saturated heterocycles. The van der Waals surface area contributed by atoms with Crippen LogP contribution in [-0.4, -0.2) is 39.0 Å². The summed E-state index contributed by atoms with van der Waals surface area (Å²) in [6, 6.07) is 3.01. The normalized spacial score (nSPS) is 20.1. The maximum Gasteiger partial charge on any atom is 0.272 e. The fraction of sp³-hybridized carbons (Fsp3) is 0.467. The maximum atomic E-state index is 12.5. The summed E-state index contributed by atoms with van der Waals surface area (Å²) in [5.41, 5.74) is 0.692. The number of amides is 2. The van der Waals surface area contributed by atoms with Gasteiger partial charge in [-0.2, -0.15) is 5.10 Å². The first kappa shape index (κ1) is 14.5. The average Bonchev–Trinajstić information content (AvgIpc) is 3.10. The number of fused-ring (bicyclic) bond motifs is 1. The predicted molar refractivity (Wildman–Crippen MR) is 80.3 cm³/mol. The second-order valence-corrected chi connectivity index (χ2v) is 5.63. The minimum absolute atomic E-state index is 0.126. The Labute approximate surface area is 128 Å². The lowest BCUT2D eigenvalue weighted by Gasteiger charge is -2.31. The van der Waals surface area contributed by atoms with Crippen LogP contribution in [0.2, 0.25) is 0 Å². The van der Waals surface area contributed by atoms with Crippen molar-refractivity contribution >= 4 is 17.5 Å². The summed E-state index contributed by atoms with van der Waals surface area (Å²) in [4.78, 5) is 28.8. The van der Waals surface area contributed by atoms with Crippen LogP contribution in [0.3, 0.4) is 0 Å². The van der Waals surface area contributed by atoms with Gasteiger partial charge in [-0.15, -0.1) is 0 Å². The van der Waals surface area contributed by atoms with Gasteiger partial charge >= 0.3 is 0 Å². The molecule has 1 unspecified atom stereocenters. The highest BCUT2D eigenvalue weighted by molar-refractivity contribution is 5.97. The Bertz CT molecular complexity index is 720. The molecule has 7 nitrogen and oxygen atoms in total. The summed E-state index contributed by atoms with van der Waals surface area (Å²) in [5.74, 6) is -0.460. The van der Waals surface area contributed by atoms with Crippen LogP contribution in [0.1, 0.15) is 37.2 Å².